The number of nitrogens with two attached hydrogens (primary N) is 1. The lowest BCUT2D eigenvalue weighted by Gasteiger charge is -2.27. The van der Waals surface area contributed by atoms with Crippen molar-refractivity contribution in [1.82, 2.24) is 9.97 Å². The van der Waals surface area contributed by atoms with Gasteiger partial charge in [-0.05, 0) is 24.6 Å². The third-order valence-electron chi connectivity index (χ3n) is 3.77. The van der Waals surface area contributed by atoms with Gasteiger partial charge in [-0.3, -0.25) is 14.8 Å². The Kier molecular flexibility index (Phi) is 4.80. The molecule has 0 saturated carbocycles. The molecule has 0 radical (unpaired) electrons. The van der Waals surface area contributed by atoms with Crippen LogP contribution in [0.2, 0.25) is 10.0 Å². The highest BCUT2D eigenvalue weighted by Gasteiger charge is 2.39. The Morgan fingerprint density at radius 3 is 2.69 bits per heavy atom. The average molecular weight is 398 g/mol. The van der Waals surface area contributed by atoms with E-state index in [0.717, 1.165) is 0 Å². The number of rotatable bonds is 3. The van der Waals surface area contributed by atoms with Crippen molar-refractivity contribution in [2.24, 2.45) is 5.73 Å². The van der Waals surface area contributed by atoms with Crippen LogP contribution in [0, 0.1) is 0 Å². The molecule has 0 unspecified atom stereocenters. The van der Waals surface area contributed by atoms with Crippen LogP contribution in [0.4, 0.5) is 0 Å². The summed E-state index contributed by atoms with van der Waals surface area (Å²) in [6.45, 7) is 1.71. The van der Waals surface area contributed by atoms with Crippen molar-refractivity contribution in [3.8, 4) is 5.88 Å². The highest BCUT2D eigenvalue weighted by atomic mass is 35.5. The van der Waals surface area contributed by atoms with Crippen LogP contribution in [-0.2, 0) is 9.53 Å². The lowest BCUT2D eigenvalue weighted by molar-refractivity contribution is -0.139. The van der Waals surface area contributed by atoms with Crippen molar-refractivity contribution in [1.29, 1.82) is 0 Å². The minimum absolute atomic E-state index is 0.0222. The molecule has 3 rings (SSSR count). The third kappa shape index (κ3) is 3.09. The van der Waals surface area contributed by atoms with E-state index in [-0.39, 0.29) is 34.5 Å². The number of halogens is 2. The molecule has 0 spiro atoms. The number of ether oxygens (including phenoxy) is 2. The molecule has 1 aliphatic heterocycles. The molecule has 1 aromatic carbocycles. The Labute approximate surface area is 156 Å². The largest absolute Gasteiger partial charge is 0.462 e. The van der Waals surface area contributed by atoms with Gasteiger partial charge in [-0.15, -0.1) is 0 Å². The number of carbonyl (C=O) groups excluding carboxylic acids is 1. The molecule has 136 valence electrons. The van der Waals surface area contributed by atoms with Crippen LogP contribution < -0.4 is 21.7 Å². The Hall–Kier alpha value is -2.71. The predicted octanol–water partition coefficient (Wildman–Crippen LogP) is 1.63. The van der Waals surface area contributed by atoms with E-state index in [4.69, 9.17) is 38.4 Å². The van der Waals surface area contributed by atoms with Gasteiger partial charge in [0, 0.05) is 10.0 Å². The molecule has 8 nitrogen and oxygen atoms in total. The number of carbonyl (C=O) groups is 1. The molecule has 0 bridgehead atoms. The van der Waals surface area contributed by atoms with Gasteiger partial charge in [0.25, 0.3) is 5.56 Å². The third-order valence-corrected chi connectivity index (χ3v) is 4.33. The van der Waals surface area contributed by atoms with Crippen LogP contribution in [0.1, 0.15) is 24.0 Å². The number of benzene rings is 1. The Morgan fingerprint density at radius 1 is 1.31 bits per heavy atom. The highest BCUT2D eigenvalue weighted by molar-refractivity contribution is 6.35. The van der Waals surface area contributed by atoms with Gasteiger partial charge < -0.3 is 15.2 Å². The lowest BCUT2D eigenvalue weighted by Crippen LogP contribution is -2.35. The zero-order chi connectivity index (χ0) is 19.0. The van der Waals surface area contributed by atoms with E-state index < -0.39 is 23.1 Å². The summed E-state index contributed by atoms with van der Waals surface area (Å²) in [5.74, 6) is -2.24. The van der Waals surface area contributed by atoms with Crippen LogP contribution in [0.5, 0.6) is 5.88 Å². The Balaban J connectivity index is 2.33. The number of aromatic amines is 2. The number of esters is 1. The second-order valence-electron chi connectivity index (χ2n) is 5.35. The van der Waals surface area contributed by atoms with Crippen LogP contribution >= 0.6 is 23.2 Å². The van der Waals surface area contributed by atoms with E-state index in [0.29, 0.717) is 10.6 Å². The van der Waals surface area contributed by atoms with E-state index in [2.05, 4.69) is 9.97 Å². The molecule has 0 saturated heterocycles. The van der Waals surface area contributed by atoms with Crippen molar-refractivity contribution < 1.29 is 14.3 Å². The summed E-state index contributed by atoms with van der Waals surface area (Å²) in [6.07, 6.45) is 0. The van der Waals surface area contributed by atoms with Gasteiger partial charge in [-0.25, -0.2) is 9.59 Å². The van der Waals surface area contributed by atoms with Crippen molar-refractivity contribution in [3.05, 3.63) is 71.7 Å². The summed E-state index contributed by atoms with van der Waals surface area (Å²) in [5, 5.41) is 0.576. The molecular weight excluding hydrogens is 385 g/mol. The zero-order valence-electron chi connectivity index (χ0n) is 13.4. The fourth-order valence-corrected chi connectivity index (χ4v) is 3.26. The molecular formula is C16H13Cl2N3O5. The highest BCUT2D eigenvalue weighted by Crippen LogP contribution is 2.42. The van der Waals surface area contributed by atoms with Crippen molar-refractivity contribution in [2.45, 2.75) is 12.8 Å². The number of hydrogen-bond acceptors (Lipinski definition) is 6. The van der Waals surface area contributed by atoms with Crippen molar-refractivity contribution >= 4 is 29.2 Å². The van der Waals surface area contributed by atoms with Crippen molar-refractivity contribution in [3.63, 3.8) is 0 Å². The van der Waals surface area contributed by atoms with Gasteiger partial charge in [0.05, 0.1) is 18.1 Å². The topological polar surface area (TPSA) is 127 Å². The summed E-state index contributed by atoms with van der Waals surface area (Å²) in [6, 6.07) is 4.57. The zero-order valence-corrected chi connectivity index (χ0v) is 14.9. The minimum Gasteiger partial charge on any atom is -0.462 e. The first-order valence-corrected chi connectivity index (χ1v) is 8.25. The maximum absolute atomic E-state index is 12.5. The second-order valence-corrected chi connectivity index (χ2v) is 6.19. The molecule has 2 heterocycles. The molecule has 26 heavy (non-hydrogen) atoms. The SMILES string of the molecule is CCOC(=O)C1=C(N)Oc2[nH]c(=O)[nH]c(=O)c2[C@@H]1c1ccc(Cl)cc1Cl. The Morgan fingerprint density at radius 2 is 2.04 bits per heavy atom. The van der Waals surface area contributed by atoms with Crippen LogP contribution in [0.3, 0.4) is 0 Å². The van der Waals surface area contributed by atoms with E-state index in [1.54, 1.807) is 19.1 Å². The molecule has 1 aliphatic rings. The Bertz CT molecular complexity index is 1040. The normalized spacial score (nSPS) is 16.0. The summed E-state index contributed by atoms with van der Waals surface area (Å²) < 4.78 is 10.3. The predicted molar refractivity (Wildman–Crippen MR) is 94.5 cm³/mol. The van der Waals surface area contributed by atoms with Crippen molar-refractivity contribution in [2.75, 3.05) is 6.61 Å². The molecule has 0 aliphatic carbocycles. The first kappa shape index (κ1) is 18.1. The van der Waals surface area contributed by atoms with Gasteiger partial charge in [0.15, 0.2) is 0 Å². The van der Waals surface area contributed by atoms with Gasteiger partial charge >= 0.3 is 11.7 Å². The second kappa shape index (κ2) is 6.89. The average Bonchev–Trinajstić information content (AvgIpc) is 2.53. The molecule has 4 N–H and O–H groups in total. The smallest absolute Gasteiger partial charge is 0.340 e. The fourth-order valence-electron chi connectivity index (χ4n) is 2.74. The number of aromatic nitrogens is 2. The number of hydrogen-bond donors (Lipinski definition) is 3. The monoisotopic (exact) mass is 397 g/mol. The molecule has 1 atom stereocenters. The molecule has 0 amide bonds. The standard InChI is InChI=1S/C16H13Cl2N3O5/c1-2-25-15(23)10-9(7-4-3-6(17)5-8(7)18)11-13(22)20-16(24)21-14(11)26-12(10)19/h3-5,9H,2,19H2,1H3,(H2,20,21,22,24)/t9-/m1/s1. The summed E-state index contributed by atoms with van der Waals surface area (Å²) in [5.41, 5.74) is 4.63. The van der Waals surface area contributed by atoms with Gasteiger partial charge in [-0.2, -0.15) is 0 Å². The van der Waals surface area contributed by atoms with E-state index >= 15 is 0 Å². The van der Waals surface area contributed by atoms with E-state index in [1.165, 1.54) is 6.07 Å². The molecule has 0 fully saturated rings. The van der Waals surface area contributed by atoms with E-state index in [1.807, 2.05) is 0 Å². The summed E-state index contributed by atoms with van der Waals surface area (Å²) in [4.78, 5) is 40.9. The lowest BCUT2D eigenvalue weighted by atomic mass is 9.84. The van der Waals surface area contributed by atoms with Crippen LogP contribution in [-0.4, -0.2) is 22.5 Å². The maximum Gasteiger partial charge on any atom is 0.340 e. The fraction of sp³-hybridized carbons (Fsp3) is 0.188. The van der Waals surface area contributed by atoms with Gasteiger partial charge in [0.2, 0.25) is 11.8 Å². The first-order chi connectivity index (χ1) is 12.3. The van der Waals surface area contributed by atoms with Gasteiger partial charge in [-0.1, -0.05) is 29.3 Å². The summed E-state index contributed by atoms with van der Waals surface area (Å²) in [7, 11) is 0. The number of fused-ring (bicyclic) bond motifs is 1. The molecule has 1 aromatic heterocycles. The molecule has 10 heteroatoms. The van der Waals surface area contributed by atoms with Gasteiger partial charge in [0.1, 0.15) is 5.57 Å². The van der Waals surface area contributed by atoms with Crippen LogP contribution in [0.25, 0.3) is 0 Å². The summed E-state index contributed by atoms with van der Waals surface area (Å²) >= 11 is 12.2. The number of nitrogens with one attached hydrogen (secondary N) is 2. The van der Waals surface area contributed by atoms with Crippen LogP contribution in [0.15, 0.2) is 39.2 Å². The first-order valence-electron chi connectivity index (χ1n) is 7.49. The maximum atomic E-state index is 12.5. The minimum atomic E-state index is -1.01. The van der Waals surface area contributed by atoms with E-state index in [9.17, 15) is 14.4 Å². The molecule has 2 aromatic rings. The number of H-pyrrole nitrogens is 2. The quantitative estimate of drug-likeness (QED) is 0.675.